The Bertz CT molecular complexity index is 1330. The molecule has 0 bridgehead atoms. The van der Waals surface area contributed by atoms with Crippen molar-refractivity contribution in [3.63, 3.8) is 0 Å². The number of aryl methyl sites for hydroxylation is 1. The lowest BCUT2D eigenvalue weighted by atomic mass is 9.79. The smallest absolute Gasteiger partial charge is 0.431 e. The molecule has 1 aromatic heterocycles. The van der Waals surface area contributed by atoms with Crippen LogP contribution in [-0.2, 0) is 19.1 Å². The number of hydrogen-bond donors (Lipinski definition) is 3. The van der Waals surface area contributed by atoms with Crippen LogP contribution in [-0.4, -0.2) is 59.8 Å². The van der Waals surface area contributed by atoms with Gasteiger partial charge in [0.25, 0.3) is 0 Å². The van der Waals surface area contributed by atoms with Crippen LogP contribution >= 0.6 is 0 Å². The summed E-state index contributed by atoms with van der Waals surface area (Å²) in [6.07, 6.45) is 1.33. The number of nitrogens with one attached hydrogen (secondary N) is 1. The standard InChI is InChI=1S/C27H34N2O10/c1-8-13-35-29-26(33)38-23-15(5)27(6,10-3)39-25(21(23)31)36-18-12-11-16-20(30)19(17(9-2)28-34-7)24(32)37-22(16)14(18)4/h1,11-12,15,21,23,25,30-31H,9-10,13H2,2-7H3,(H,29,33)/b28-17+/t15?,21?,23?,25?,27-/m0/s1. The van der Waals surface area contributed by atoms with Gasteiger partial charge in [0.1, 0.15) is 42.5 Å². The number of aliphatic hydroxyl groups excluding tert-OH is 1. The number of aliphatic hydroxyl groups is 1. The zero-order chi connectivity index (χ0) is 28.9. The third-order valence-corrected chi connectivity index (χ3v) is 7.03. The van der Waals surface area contributed by atoms with Gasteiger partial charge in [-0.05, 0) is 38.8 Å². The number of aromatic hydroxyl groups is 1. The molecule has 1 amide bonds. The second-order valence-corrected chi connectivity index (χ2v) is 9.27. The Morgan fingerprint density at radius 3 is 2.67 bits per heavy atom. The monoisotopic (exact) mass is 546 g/mol. The van der Waals surface area contributed by atoms with E-state index in [1.165, 1.54) is 13.2 Å². The van der Waals surface area contributed by atoms with Crippen LogP contribution in [0.3, 0.4) is 0 Å². The van der Waals surface area contributed by atoms with Crippen LogP contribution in [0.15, 0.2) is 26.5 Å². The number of hydroxylamine groups is 1. The number of nitrogens with zero attached hydrogens (tertiary/aromatic N) is 1. The summed E-state index contributed by atoms with van der Waals surface area (Å²) in [6.45, 7) is 8.73. The molecular formula is C27H34N2O10. The van der Waals surface area contributed by atoms with Gasteiger partial charge >= 0.3 is 11.7 Å². The molecule has 5 atom stereocenters. The van der Waals surface area contributed by atoms with Gasteiger partial charge in [-0.25, -0.2) is 9.59 Å². The maximum Gasteiger partial charge on any atom is 0.431 e. The third kappa shape index (κ3) is 5.95. The molecule has 12 nitrogen and oxygen atoms in total. The average molecular weight is 547 g/mol. The lowest BCUT2D eigenvalue weighted by Crippen LogP contribution is -2.62. The summed E-state index contributed by atoms with van der Waals surface area (Å²) in [6, 6.07) is 3.06. The van der Waals surface area contributed by atoms with Crippen molar-refractivity contribution in [2.75, 3.05) is 13.7 Å². The number of terminal acetylenes is 1. The van der Waals surface area contributed by atoms with Crippen molar-refractivity contribution in [2.24, 2.45) is 11.1 Å². The molecule has 212 valence electrons. The summed E-state index contributed by atoms with van der Waals surface area (Å²) in [5, 5.41) is 26.1. The van der Waals surface area contributed by atoms with Crippen molar-refractivity contribution in [3.8, 4) is 23.8 Å². The lowest BCUT2D eigenvalue weighted by molar-refractivity contribution is -0.290. The van der Waals surface area contributed by atoms with Gasteiger partial charge in [-0.1, -0.05) is 31.8 Å². The predicted molar refractivity (Wildman–Crippen MR) is 140 cm³/mol. The van der Waals surface area contributed by atoms with Gasteiger partial charge in [0.15, 0.2) is 6.10 Å². The van der Waals surface area contributed by atoms with Crippen LogP contribution in [0.1, 0.15) is 51.7 Å². The van der Waals surface area contributed by atoms with E-state index in [4.69, 9.17) is 34.7 Å². The Morgan fingerprint density at radius 2 is 2.05 bits per heavy atom. The molecule has 1 aliphatic heterocycles. The molecule has 1 aliphatic rings. The number of rotatable bonds is 9. The largest absolute Gasteiger partial charge is 0.506 e. The first-order valence-corrected chi connectivity index (χ1v) is 12.5. The summed E-state index contributed by atoms with van der Waals surface area (Å²) in [7, 11) is 1.34. The number of benzene rings is 1. The fourth-order valence-electron chi connectivity index (χ4n) is 4.47. The Balaban J connectivity index is 1.96. The highest BCUT2D eigenvalue weighted by molar-refractivity contribution is 6.06. The van der Waals surface area contributed by atoms with Crippen molar-refractivity contribution in [2.45, 2.75) is 71.6 Å². The second kappa shape index (κ2) is 12.4. The van der Waals surface area contributed by atoms with Crippen LogP contribution in [0, 0.1) is 25.2 Å². The van der Waals surface area contributed by atoms with Crippen LogP contribution in [0.5, 0.6) is 11.5 Å². The van der Waals surface area contributed by atoms with Crippen LogP contribution in [0.4, 0.5) is 4.79 Å². The van der Waals surface area contributed by atoms with Crippen molar-refractivity contribution in [1.82, 2.24) is 5.48 Å². The zero-order valence-electron chi connectivity index (χ0n) is 22.8. The Kier molecular flexibility index (Phi) is 9.45. The SMILES string of the molecule is C#CCONC(=O)OC1C(O)C(Oc2ccc3c(O)c(/C(CC)=N/OC)c(=O)oc3c2C)O[C@@](C)(CC)C1C. The van der Waals surface area contributed by atoms with Crippen LogP contribution < -0.4 is 15.8 Å². The summed E-state index contributed by atoms with van der Waals surface area (Å²) in [5.74, 6) is 1.69. The van der Waals surface area contributed by atoms with E-state index in [0.717, 1.165) is 0 Å². The van der Waals surface area contributed by atoms with Crippen molar-refractivity contribution in [3.05, 3.63) is 33.7 Å². The lowest BCUT2D eigenvalue weighted by Gasteiger charge is -2.48. The van der Waals surface area contributed by atoms with Gasteiger partial charge in [0.05, 0.1) is 16.7 Å². The summed E-state index contributed by atoms with van der Waals surface area (Å²) in [4.78, 5) is 34.6. The minimum atomic E-state index is -1.40. The van der Waals surface area contributed by atoms with E-state index in [-0.39, 0.29) is 40.4 Å². The van der Waals surface area contributed by atoms with E-state index in [0.29, 0.717) is 18.4 Å². The molecule has 3 N–H and O–H groups in total. The Labute approximate surface area is 225 Å². The van der Waals surface area contributed by atoms with E-state index in [9.17, 15) is 19.8 Å². The van der Waals surface area contributed by atoms with Gasteiger partial charge < -0.3 is 33.7 Å². The van der Waals surface area contributed by atoms with Crippen molar-refractivity contribution in [1.29, 1.82) is 0 Å². The number of carbonyl (C=O) groups excluding carboxylic acids is 1. The first kappa shape index (κ1) is 29.8. The number of fused-ring (bicyclic) bond motifs is 1. The van der Waals surface area contributed by atoms with Gasteiger partial charge in [-0.15, -0.1) is 6.42 Å². The van der Waals surface area contributed by atoms with Crippen molar-refractivity contribution < 1.29 is 43.3 Å². The molecule has 39 heavy (non-hydrogen) atoms. The van der Waals surface area contributed by atoms with Gasteiger partial charge in [-0.2, -0.15) is 5.48 Å². The summed E-state index contributed by atoms with van der Waals surface area (Å²) >= 11 is 0. The molecule has 0 spiro atoms. The Morgan fingerprint density at radius 1 is 1.33 bits per heavy atom. The number of ether oxygens (including phenoxy) is 3. The van der Waals surface area contributed by atoms with Gasteiger partial charge in [-0.3, -0.25) is 4.84 Å². The quantitative estimate of drug-likeness (QED) is 0.140. The molecule has 0 radical (unpaired) electrons. The van der Waals surface area contributed by atoms with Gasteiger partial charge in [0.2, 0.25) is 6.29 Å². The molecule has 1 fully saturated rings. The number of oxime groups is 1. The van der Waals surface area contributed by atoms with E-state index in [2.05, 4.69) is 16.6 Å². The van der Waals surface area contributed by atoms with Crippen LogP contribution in [0.2, 0.25) is 0 Å². The molecule has 0 saturated carbocycles. The molecular weight excluding hydrogens is 512 g/mol. The Hall–Kier alpha value is -3.79. The molecule has 2 heterocycles. The molecule has 12 heteroatoms. The molecule has 2 aromatic rings. The average Bonchev–Trinajstić information content (AvgIpc) is 2.91. The minimum Gasteiger partial charge on any atom is -0.506 e. The maximum absolute atomic E-state index is 12.8. The third-order valence-electron chi connectivity index (χ3n) is 7.03. The topological polar surface area (TPSA) is 158 Å². The van der Waals surface area contributed by atoms with Crippen LogP contribution in [0.25, 0.3) is 11.0 Å². The molecule has 1 saturated heterocycles. The normalized spacial score (nSPS) is 25.1. The predicted octanol–water partition coefficient (Wildman–Crippen LogP) is 3.13. The highest BCUT2D eigenvalue weighted by Gasteiger charge is 2.52. The maximum atomic E-state index is 12.8. The number of hydrogen-bond acceptors (Lipinski definition) is 11. The molecule has 4 unspecified atom stereocenters. The van der Waals surface area contributed by atoms with E-state index >= 15 is 0 Å². The minimum absolute atomic E-state index is 0.0846. The van der Waals surface area contributed by atoms with E-state index in [1.807, 2.05) is 13.8 Å². The number of carbonyl (C=O) groups is 1. The molecule has 0 aliphatic carbocycles. The first-order chi connectivity index (χ1) is 18.5. The second-order valence-electron chi connectivity index (χ2n) is 9.27. The summed E-state index contributed by atoms with van der Waals surface area (Å²) in [5.41, 5.74) is 1.03. The first-order valence-electron chi connectivity index (χ1n) is 12.5. The zero-order valence-corrected chi connectivity index (χ0v) is 22.8. The fraction of sp³-hybridized carbons (Fsp3) is 0.519. The highest BCUT2D eigenvalue weighted by Crippen LogP contribution is 2.40. The van der Waals surface area contributed by atoms with Gasteiger partial charge in [0, 0.05) is 11.5 Å². The molecule has 3 rings (SSSR count). The number of amides is 1. The highest BCUT2D eigenvalue weighted by atomic mass is 16.7. The summed E-state index contributed by atoms with van der Waals surface area (Å²) < 4.78 is 23.2. The fourth-order valence-corrected chi connectivity index (χ4v) is 4.47. The molecule has 1 aromatic carbocycles. The van der Waals surface area contributed by atoms with E-state index < -0.39 is 41.7 Å². The van der Waals surface area contributed by atoms with E-state index in [1.54, 1.807) is 26.8 Å². The van der Waals surface area contributed by atoms with Crippen molar-refractivity contribution >= 4 is 22.8 Å².